The molecule has 0 amide bonds. The van der Waals surface area contributed by atoms with E-state index in [0.29, 0.717) is 16.7 Å². The molecular formula is C20H21ClF2N6O. The number of nitrogens with one attached hydrogen (secondary N) is 3. The lowest BCUT2D eigenvalue weighted by molar-refractivity contribution is 0.235. The Bertz CT molecular complexity index is 1100. The number of halogens is 3. The fourth-order valence-corrected chi connectivity index (χ4v) is 3.84. The molecule has 158 valence electrons. The van der Waals surface area contributed by atoms with Gasteiger partial charge in [-0.3, -0.25) is 10.7 Å². The van der Waals surface area contributed by atoms with Crippen molar-refractivity contribution in [2.45, 2.75) is 18.9 Å². The van der Waals surface area contributed by atoms with Crippen LogP contribution in [0.4, 0.5) is 20.4 Å². The number of H-pyrrole nitrogens is 1. The molecular weight excluding hydrogens is 414 g/mol. The van der Waals surface area contributed by atoms with Crippen LogP contribution >= 0.6 is 11.6 Å². The summed E-state index contributed by atoms with van der Waals surface area (Å²) in [6, 6.07) is 7.71. The van der Waals surface area contributed by atoms with E-state index in [4.69, 9.17) is 11.6 Å². The minimum atomic E-state index is -1.10. The molecule has 2 heterocycles. The van der Waals surface area contributed by atoms with Gasteiger partial charge in [0.1, 0.15) is 5.52 Å². The molecule has 2 aromatic carbocycles. The van der Waals surface area contributed by atoms with E-state index in [-0.39, 0.29) is 28.5 Å². The molecule has 1 atom stereocenters. The number of hydrogen-bond donors (Lipinski definition) is 4. The van der Waals surface area contributed by atoms with E-state index in [9.17, 15) is 14.0 Å². The Balaban J connectivity index is 1.75. The maximum absolute atomic E-state index is 14.4. The van der Waals surface area contributed by atoms with Crippen molar-refractivity contribution in [1.82, 2.24) is 20.3 Å². The predicted octanol–water partition coefficient (Wildman–Crippen LogP) is 4.06. The second-order valence-corrected chi connectivity index (χ2v) is 7.76. The number of piperidine rings is 1. The molecule has 0 spiro atoms. The SMILES string of the molecule is CN1CCCC(Nc2nc3c(F)c(F)cc(C(=Nc4cccc(Cl)c4)NO)c3[nH]2)C1. The van der Waals surface area contributed by atoms with Crippen molar-refractivity contribution in [3.63, 3.8) is 0 Å². The molecule has 3 aromatic rings. The van der Waals surface area contributed by atoms with Crippen LogP contribution in [0.1, 0.15) is 18.4 Å². The van der Waals surface area contributed by atoms with Crippen molar-refractivity contribution in [3.05, 3.63) is 52.6 Å². The monoisotopic (exact) mass is 434 g/mol. The van der Waals surface area contributed by atoms with Gasteiger partial charge >= 0.3 is 0 Å². The lowest BCUT2D eigenvalue weighted by Crippen LogP contribution is -2.39. The average molecular weight is 435 g/mol. The van der Waals surface area contributed by atoms with Crippen LogP contribution < -0.4 is 10.8 Å². The van der Waals surface area contributed by atoms with Crippen LogP contribution in [-0.4, -0.2) is 52.1 Å². The zero-order valence-electron chi connectivity index (χ0n) is 16.2. The number of aromatic amines is 1. The van der Waals surface area contributed by atoms with E-state index in [1.165, 1.54) is 0 Å². The molecule has 30 heavy (non-hydrogen) atoms. The number of anilines is 1. The summed E-state index contributed by atoms with van der Waals surface area (Å²) in [5.41, 5.74) is 2.56. The first-order chi connectivity index (χ1) is 14.4. The number of rotatable bonds is 4. The first-order valence-corrected chi connectivity index (χ1v) is 9.90. The maximum Gasteiger partial charge on any atom is 0.201 e. The molecule has 1 aliphatic heterocycles. The summed E-state index contributed by atoms with van der Waals surface area (Å²) in [6.07, 6.45) is 1.98. The number of amidine groups is 1. The lowest BCUT2D eigenvalue weighted by atomic mass is 10.1. The smallest absolute Gasteiger partial charge is 0.201 e. The van der Waals surface area contributed by atoms with Crippen LogP contribution in [0, 0.1) is 11.6 Å². The van der Waals surface area contributed by atoms with Gasteiger partial charge in [0.15, 0.2) is 17.5 Å². The Labute approximate surface area is 176 Å². The highest BCUT2D eigenvalue weighted by molar-refractivity contribution is 6.30. The van der Waals surface area contributed by atoms with Gasteiger partial charge < -0.3 is 15.2 Å². The number of hydroxylamine groups is 1. The van der Waals surface area contributed by atoms with Gasteiger partial charge in [-0.05, 0) is 50.7 Å². The third-order valence-electron chi connectivity index (χ3n) is 5.04. The lowest BCUT2D eigenvalue weighted by Gasteiger charge is -2.29. The molecule has 1 fully saturated rings. The van der Waals surface area contributed by atoms with Crippen LogP contribution in [0.3, 0.4) is 0 Å². The molecule has 1 aliphatic rings. The third-order valence-corrected chi connectivity index (χ3v) is 5.27. The second-order valence-electron chi connectivity index (χ2n) is 7.33. The maximum atomic E-state index is 14.4. The van der Waals surface area contributed by atoms with Crippen molar-refractivity contribution in [2.24, 2.45) is 4.99 Å². The van der Waals surface area contributed by atoms with Gasteiger partial charge in [0, 0.05) is 23.2 Å². The molecule has 0 radical (unpaired) electrons. The van der Waals surface area contributed by atoms with Crippen LogP contribution in [0.15, 0.2) is 35.3 Å². The normalized spacial score (nSPS) is 18.0. The number of aromatic nitrogens is 2. The van der Waals surface area contributed by atoms with Crippen molar-refractivity contribution < 1.29 is 14.0 Å². The number of fused-ring (bicyclic) bond motifs is 1. The first kappa shape index (κ1) is 20.5. The molecule has 0 aliphatic carbocycles. The second kappa shape index (κ2) is 8.55. The molecule has 4 N–H and O–H groups in total. The summed E-state index contributed by atoms with van der Waals surface area (Å²) in [4.78, 5) is 13.7. The average Bonchev–Trinajstić information content (AvgIpc) is 3.13. The number of hydrogen-bond acceptors (Lipinski definition) is 5. The molecule has 1 unspecified atom stereocenters. The molecule has 1 aromatic heterocycles. The summed E-state index contributed by atoms with van der Waals surface area (Å²) >= 11 is 5.98. The van der Waals surface area contributed by atoms with E-state index in [1.54, 1.807) is 24.3 Å². The number of benzene rings is 2. The van der Waals surface area contributed by atoms with Crippen molar-refractivity contribution >= 4 is 40.1 Å². The van der Waals surface area contributed by atoms with Gasteiger partial charge in [0.2, 0.25) is 5.95 Å². The van der Waals surface area contributed by atoms with Crippen molar-refractivity contribution in [2.75, 3.05) is 25.5 Å². The number of likely N-dealkylation sites (tertiary alicyclic amines) is 1. The van der Waals surface area contributed by atoms with Gasteiger partial charge in [-0.1, -0.05) is 17.7 Å². The minimum Gasteiger partial charge on any atom is -0.352 e. The highest BCUT2D eigenvalue weighted by atomic mass is 35.5. The zero-order valence-corrected chi connectivity index (χ0v) is 17.0. The van der Waals surface area contributed by atoms with Crippen LogP contribution in [0.25, 0.3) is 11.0 Å². The predicted molar refractivity (Wildman–Crippen MR) is 113 cm³/mol. The largest absolute Gasteiger partial charge is 0.352 e. The Morgan fingerprint density at radius 1 is 1.37 bits per heavy atom. The molecule has 1 saturated heterocycles. The number of nitrogens with zero attached hydrogens (tertiary/aromatic N) is 3. The van der Waals surface area contributed by atoms with E-state index in [2.05, 4.69) is 25.2 Å². The van der Waals surface area contributed by atoms with E-state index in [0.717, 1.165) is 32.0 Å². The van der Waals surface area contributed by atoms with Crippen molar-refractivity contribution in [1.29, 1.82) is 0 Å². The molecule has 10 heteroatoms. The summed E-state index contributed by atoms with van der Waals surface area (Å²) < 4.78 is 28.7. The zero-order chi connectivity index (χ0) is 21.3. The van der Waals surface area contributed by atoms with Crippen LogP contribution in [0.2, 0.25) is 5.02 Å². The van der Waals surface area contributed by atoms with E-state index in [1.807, 2.05) is 12.5 Å². The quantitative estimate of drug-likeness (QED) is 0.282. The van der Waals surface area contributed by atoms with Crippen LogP contribution in [-0.2, 0) is 0 Å². The fraction of sp³-hybridized carbons (Fsp3) is 0.300. The van der Waals surface area contributed by atoms with Gasteiger partial charge in [0.05, 0.1) is 11.2 Å². The van der Waals surface area contributed by atoms with Gasteiger partial charge in [-0.15, -0.1) is 0 Å². The Hall–Kier alpha value is -2.75. The number of aliphatic imine (C=N–C) groups is 1. The molecule has 0 bridgehead atoms. The molecule has 7 nitrogen and oxygen atoms in total. The topological polar surface area (TPSA) is 88.6 Å². The Morgan fingerprint density at radius 3 is 2.93 bits per heavy atom. The van der Waals surface area contributed by atoms with Gasteiger partial charge in [0.25, 0.3) is 0 Å². The summed E-state index contributed by atoms with van der Waals surface area (Å²) in [6.45, 7) is 1.84. The highest BCUT2D eigenvalue weighted by Crippen LogP contribution is 2.27. The summed E-state index contributed by atoms with van der Waals surface area (Å²) in [5.74, 6) is -1.91. The van der Waals surface area contributed by atoms with Gasteiger partial charge in [-0.25, -0.2) is 18.8 Å². The third kappa shape index (κ3) is 4.23. The summed E-state index contributed by atoms with van der Waals surface area (Å²) in [5, 5.41) is 13.3. The highest BCUT2D eigenvalue weighted by Gasteiger charge is 2.22. The molecule has 0 saturated carbocycles. The Morgan fingerprint density at radius 2 is 2.20 bits per heavy atom. The Kier molecular flexibility index (Phi) is 5.85. The van der Waals surface area contributed by atoms with Crippen molar-refractivity contribution in [3.8, 4) is 0 Å². The number of imidazole rings is 1. The number of likely N-dealkylation sites (N-methyl/N-ethyl adjacent to an activating group) is 1. The van der Waals surface area contributed by atoms with E-state index < -0.39 is 11.6 Å². The molecule has 4 rings (SSSR count). The van der Waals surface area contributed by atoms with Crippen LogP contribution in [0.5, 0.6) is 0 Å². The minimum absolute atomic E-state index is 0.0752. The van der Waals surface area contributed by atoms with E-state index >= 15 is 0 Å². The standard InChI is InChI=1S/C20H21ClF2N6O/c1-29-7-3-6-13(10-29)25-20-26-17-14(9-15(22)16(23)18(17)27-20)19(28-30)24-12-5-2-4-11(21)8-12/h2,4-5,8-9,13,30H,3,6-7,10H2,1H3,(H,24,28)(H2,25,26,27). The fourth-order valence-electron chi connectivity index (χ4n) is 3.66. The van der Waals surface area contributed by atoms with Gasteiger partial charge in [-0.2, -0.15) is 0 Å². The first-order valence-electron chi connectivity index (χ1n) is 9.52. The summed E-state index contributed by atoms with van der Waals surface area (Å²) in [7, 11) is 2.03.